The van der Waals surface area contributed by atoms with Crippen LogP contribution in [-0.2, 0) is 6.18 Å². The first kappa shape index (κ1) is 18.4. The Hall–Kier alpha value is -2.44. The van der Waals surface area contributed by atoms with Crippen molar-refractivity contribution in [3.8, 4) is 6.07 Å². The topological polar surface area (TPSA) is 43.2 Å². The molecule has 0 aliphatic carbocycles. The molecule has 9 heteroatoms. The number of aromatic nitrogens is 1. The van der Waals surface area contributed by atoms with Gasteiger partial charge in [0.15, 0.2) is 10.8 Å². The van der Waals surface area contributed by atoms with E-state index in [1.165, 1.54) is 17.2 Å². The van der Waals surface area contributed by atoms with Crippen molar-refractivity contribution in [1.82, 2.24) is 4.98 Å². The summed E-state index contributed by atoms with van der Waals surface area (Å²) in [6, 6.07) is 9.69. The van der Waals surface area contributed by atoms with E-state index in [4.69, 9.17) is 17.5 Å². The second-order valence-corrected chi connectivity index (χ2v) is 6.73. The lowest BCUT2D eigenvalue weighted by atomic mass is 10.1. The van der Waals surface area contributed by atoms with E-state index in [0.717, 1.165) is 16.2 Å². The molecule has 1 aromatic carbocycles. The molecule has 0 N–H and O–H groups in total. The van der Waals surface area contributed by atoms with Crippen LogP contribution in [0.25, 0.3) is 0 Å². The number of alkyl halides is 3. The first-order valence-corrected chi connectivity index (χ1v) is 8.45. The number of nitriles is 1. The Morgan fingerprint density at radius 1 is 1.23 bits per heavy atom. The number of anilines is 2. The molecule has 2 aromatic rings. The smallest absolute Gasteiger partial charge is 0.312 e. The maximum Gasteiger partial charge on any atom is 0.419 e. The van der Waals surface area contributed by atoms with E-state index in [0.29, 0.717) is 12.2 Å². The van der Waals surface area contributed by atoms with Crippen molar-refractivity contribution in [2.45, 2.75) is 6.18 Å². The first-order valence-electron chi connectivity index (χ1n) is 7.24. The van der Waals surface area contributed by atoms with Crippen LogP contribution in [0, 0.1) is 11.3 Å². The largest absolute Gasteiger partial charge is 0.419 e. The van der Waals surface area contributed by atoms with Crippen LogP contribution in [0.15, 0.2) is 53.3 Å². The number of thiocarbonyl (C=S) groups is 1. The third-order valence-corrected chi connectivity index (χ3v) is 4.69. The van der Waals surface area contributed by atoms with E-state index in [1.807, 2.05) is 24.3 Å². The highest BCUT2D eigenvalue weighted by Crippen LogP contribution is 2.36. The molecule has 0 unspecified atom stereocenters. The molecular formula is C17H10BrF3N4S. The standard InChI is InChI=1S/C17H10BrF3N4S/c1-10-9-24(12-4-2-11(18)3-5-12)16(26)25(10)13-6-14(17(19,20)21)15(7-22)23-8-13/h2-6,8H,1,9H2. The van der Waals surface area contributed by atoms with Crippen molar-refractivity contribution >= 4 is 44.6 Å². The van der Waals surface area contributed by atoms with Crippen molar-refractivity contribution in [3.05, 3.63) is 64.5 Å². The lowest BCUT2D eigenvalue weighted by Gasteiger charge is -2.22. The monoisotopic (exact) mass is 438 g/mol. The summed E-state index contributed by atoms with van der Waals surface area (Å²) < 4.78 is 40.5. The van der Waals surface area contributed by atoms with E-state index >= 15 is 0 Å². The normalized spacial score (nSPS) is 14.7. The van der Waals surface area contributed by atoms with Crippen LogP contribution in [0.2, 0.25) is 0 Å². The fourth-order valence-electron chi connectivity index (χ4n) is 2.57. The highest BCUT2D eigenvalue weighted by molar-refractivity contribution is 9.10. The molecule has 0 atom stereocenters. The number of pyridine rings is 1. The molecule has 0 spiro atoms. The SMILES string of the molecule is C=C1CN(c2ccc(Br)cc2)C(=S)N1c1cnc(C#N)c(C(F)(F)F)c1. The van der Waals surface area contributed by atoms with E-state index in [-0.39, 0.29) is 10.8 Å². The zero-order chi connectivity index (χ0) is 19.1. The Labute approximate surface area is 161 Å². The minimum Gasteiger partial charge on any atom is -0.312 e. The molecule has 1 aliphatic rings. The van der Waals surface area contributed by atoms with Gasteiger partial charge in [0.25, 0.3) is 0 Å². The van der Waals surface area contributed by atoms with Gasteiger partial charge in [0.05, 0.1) is 24.0 Å². The van der Waals surface area contributed by atoms with Crippen LogP contribution in [0.4, 0.5) is 24.5 Å². The van der Waals surface area contributed by atoms with Gasteiger partial charge >= 0.3 is 6.18 Å². The summed E-state index contributed by atoms with van der Waals surface area (Å²) in [5.41, 5.74) is -0.361. The predicted octanol–water partition coefficient (Wildman–Crippen LogP) is 4.86. The number of hydrogen-bond donors (Lipinski definition) is 0. The lowest BCUT2D eigenvalue weighted by molar-refractivity contribution is -0.138. The summed E-state index contributed by atoms with van der Waals surface area (Å²) >= 11 is 8.79. The van der Waals surface area contributed by atoms with Gasteiger partial charge in [-0.05, 0) is 42.5 Å². The fraction of sp³-hybridized carbons (Fsp3) is 0.118. The molecule has 1 aromatic heterocycles. The van der Waals surface area contributed by atoms with Gasteiger partial charge in [-0.3, -0.25) is 4.90 Å². The Morgan fingerprint density at radius 2 is 1.88 bits per heavy atom. The molecule has 0 bridgehead atoms. The number of rotatable bonds is 2. The molecule has 1 fully saturated rings. The van der Waals surface area contributed by atoms with Gasteiger partial charge in [-0.25, -0.2) is 4.98 Å². The summed E-state index contributed by atoms with van der Waals surface area (Å²) in [4.78, 5) is 6.83. The van der Waals surface area contributed by atoms with Crippen LogP contribution >= 0.6 is 28.1 Å². The maximum atomic E-state index is 13.2. The Bertz CT molecular complexity index is 935. The number of halogens is 4. The second-order valence-electron chi connectivity index (χ2n) is 5.45. The predicted molar refractivity (Wildman–Crippen MR) is 99.7 cm³/mol. The molecule has 26 heavy (non-hydrogen) atoms. The minimum absolute atomic E-state index is 0.117. The van der Waals surface area contributed by atoms with E-state index < -0.39 is 17.4 Å². The third-order valence-electron chi connectivity index (χ3n) is 3.76. The van der Waals surface area contributed by atoms with Gasteiger partial charge in [-0.1, -0.05) is 22.5 Å². The zero-order valence-electron chi connectivity index (χ0n) is 13.1. The highest BCUT2D eigenvalue weighted by Gasteiger charge is 2.37. The summed E-state index contributed by atoms with van der Waals surface area (Å²) in [5.74, 6) is 0. The Balaban J connectivity index is 2.00. The highest BCUT2D eigenvalue weighted by atomic mass is 79.9. The summed E-state index contributed by atoms with van der Waals surface area (Å²) in [6.07, 6.45) is -3.50. The van der Waals surface area contributed by atoms with E-state index in [1.54, 1.807) is 4.90 Å². The quantitative estimate of drug-likeness (QED) is 0.626. The van der Waals surface area contributed by atoms with Gasteiger partial charge in [0, 0.05) is 15.9 Å². The number of benzene rings is 1. The van der Waals surface area contributed by atoms with Crippen LogP contribution in [0.5, 0.6) is 0 Å². The molecular weight excluding hydrogens is 429 g/mol. The summed E-state index contributed by atoms with van der Waals surface area (Å²) in [7, 11) is 0. The number of hydrogen-bond acceptors (Lipinski definition) is 3. The molecule has 1 aliphatic heterocycles. The van der Waals surface area contributed by atoms with Crippen molar-refractivity contribution in [2.75, 3.05) is 16.3 Å². The van der Waals surface area contributed by atoms with Gasteiger partial charge in [-0.2, -0.15) is 18.4 Å². The van der Waals surface area contributed by atoms with Crippen LogP contribution in [-0.4, -0.2) is 16.6 Å². The van der Waals surface area contributed by atoms with Crippen molar-refractivity contribution in [2.24, 2.45) is 0 Å². The van der Waals surface area contributed by atoms with Crippen molar-refractivity contribution < 1.29 is 13.2 Å². The molecule has 2 heterocycles. The summed E-state index contributed by atoms with van der Waals surface area (Å²) in [5, 5.41) is 9.16. The maximum absolute atomic E-state index is 13.2. The Morgan fingerprint density at radius 3 is 2.46 bits per heavy atom. The Kier molecular flexibility index (Phi) is 4.73. The average Bonchev–Trinajstić information content (AvgIpc) is 2.89. The van der Waals surface area contributed by atoms with E-state index in [2.05, 4.69) is 27.5 Å². The average molecular weight is 439 g/mol. The molecule has 132 valence electrons. The zero-order valence-corrected chi connectivity index (χ0v) is 15.5. The van der Waals surface area contributed by atoms with E-state index in [9.17, 15) is 13.2 Å². The van der Waals surface area contributed by atoms with Gasteiger partial charge in [-0.15, -0.1) is 0 Å². The fourth-order valence-corrected chi connectivity index (χ4v) is 3.24. The molecule has 0 saturated carbocycles. The van der Waals surface area contributed by atoms with Crippen LogP contribution in [0.1, 0.15) is 11.3 Å². The van der Waals surface area contributed by atoms with Crippen LogP contribution < -0.4 is 9.80 Å². The molecule has 4 nitrogen and oxygen atoms in total. The molecule has 0 amide bonds. The molecule has 0 radical (unpaired) electrons. The van der Waals surface area contributed by atoms with Crippen molar-refractivity contribution in [3.63, 3.8) is 0 Å². The number of nitrogens with zero attached hydrogens (tertiary/aromatic N) is 4. The van der Waals surface area contributed by atoms with Gasteiger partial charge < -0.3 is 4.90 Å². The third kappa shape index (κ3) is 3.30. The lowest BCUT2D eigenvalue weighted by Crippen LogP contribution is -2.31. The van der Waals surface area contributed by atoms with Gasteiger partial charge in [0.1, 0.15) is 6.07 Å². The molecule has 1 saturated heterocycles. The van der Waals surface area contributed by atoms with Crippen LogP contribution in [0.3, 0.4) is 0 Å². The minimum atomic E-state index is -4.69. The van der Waals surface area contributed by atoms with Gasteiger partial charge in [0.2, 0.25) is 0 Å². The second kappa shape index (κ2) is 6.70. The van der Waals surface area contributed by atoms with Crippen molar-refractivity contribution in [1.29, 1.82) is 5.26 Å². The molecule has 3 rings (SSSR count). The first-order chi connectivity index (χ1) is 12.2. The summed E-state index contributed by atoms with van der Waals surface area (Å²) in [6.45, 7) is 4.24.